The monoisotopic (exact) mass is 200 g/mol. The van der Waals surface area contributed by atoms with E-state index in [-0.39, 0.29) is 17.8 Å². The van der Waals surface area contributed by atoms with Crippen LogP contribution in [0.5, 0.6) is 0 Å². The van der Waals surface area contributed by atoms with E-state index in [2.05, 4.69) is 0 Å². The molecule has 1 aromatic rings. The third-order valence-corrected chi connectivity index (χ3v) is 1.97. The van der Waals surface area contributed by atoms with Crippen LogP contribution in [0.3, 0.4) is 0 Å². The van der Waals surface area contributed by atoms with Gasteiger partial charge in [-0.05, 0) is 17.7 Å². The van der Waals surface area contributed by atoms with Gasteiger partial charge in [-0.1, -0.05) is 6.07 Å². The Morgan fingerprint density at radius 1 is 1.36 bits per heavy atom. The van der Waals surface area contributed by atoms with Crippen molar-refractivity contribution in [2.75, 3.05) is 12.3 Å². The lowest BCUT2D eigenvalue weighted by atomic mass is 10.0. The Kier molecular flexibility index (Phi) is 3.40. The van der Waals surface area contributed by atoms with Gasteiger partial charge in [0.15, 0.2) is 0 Å². The summed E-state index contributed by atoms with van der Waals surface area (Å²) in [6, 6.07) is 3.86. The van der Waals surface area contributed by atoms with Gasteiger partial charge < -0.3 is 21.7 Å². The van der Waals surface area contributed by atoms with E-state index in [1.165, 1.54) is 12.1 Å². The van der Waals surface area contributed by atoms with Gasteiger partial charge in [-0.15, -0.1) is 0 Å². The molecule has 4 nitrogen and oxygen atoms in total. The zero-order valence-corrected chi connectivity index (χ0v) is 7.52. The lowest BCUT2D eigenvalue weighted by Crippen LogP contribution is -2.27. The molecule has 0 aliphatic carbocycles. The zero-order valence-electron chi connectivity index (χ0n) is 7.52. The van der Waals surface area contributed by atoms with Crippen LogP contribution in [0.4, 0.5) is 10.1 Å². The number of nitrogen functional groups attached to an aromatic ring is 1. The van der Waals surface area contributed by atoms with E-state index in [4.69, 9.17) is 11.5 Å². The lowest BCUT2D eigenvalue weighted by Gasteiger charge is -2.16. The van der Waals surface area contributed by atoms with Crippen LogP contribution >= 0.6 is 0 Å². The van der Waals surface area contributed by atoms with Gasteiger partial charge in [-0.25, -0.2) is 4.39 Å². The number of nitrogens with two attached hydrogens (primary N) is 2. The van der Waals surface area contributed by atoms with Crippen LogP contribution in [0.15, 0.2) is 18.2 Å². The maximum atomic E-state index is 13.0. The van der Waals surface area contributed by atoms with Crippen molar-refractivity contribution >= 4 is 5.69 Å². The Balaban J connectivity index is 2.91. The lowest BCUT2D eigenvalue weighted by molar-refractivity contribution is 0.0242. The van der Waals surface area contributed by atoms with E-state index in [9.17, 15) is 14.6 Å². The molecule has 2 unspecified atom stereocenters. The summed E-state index contributed by atoms with van der Waals surface area (Å²) in [4.78, 5) is 0. The molecule has 0 saturated heterocycles. The van der Waals surface area contributed by atoms with Crippen LogP contribution in [0.25, 0.3) is 0 Å². The van der Waals surface area contributed by atoms with E-state index >= 15 is 0 Å². The number of aliphatic hydroxyl groups is 2. The number of rotatable bonds is 3. The highest BCUT2D eigenvalue weighted by Gasteiger charge is 2.17. The molecule has 2 atom stereocenters. The minimum absolute atomic E-state index is 0.00295. The first kappa shape index (κ1) is 10.9. The summed E-state index contributed by atoms with van der Waals surface area (Å²) in [5.74, 6) is -0.620. The summed E-state index contributed by atoms with van der Waals surface area (Å²) in [6.45, 7) is -0.0901. The van der Waals surface area contributed by atoms with Crippen LogP contribution in [0.1, 0.15) is 11.7 Å². The fourth-order valence-electron chi connectivity index (χ4n) is 1.08. The Bertz CT molecular complexity index is 320. The van der Waals surface area contributed by atoms with Crippen molar-refractivity contribution < 1.29 is 14.6 Å². The SMILES string of the molecule is NCC(O)C(O)c1ccc(N)c(F)c1. The second kappa shape index (κ2) is 4.36. The maximum absolute atomic E-state index is 13.0. The van der Waals surface area contributed by atoms with Crippen LogP contribution < -0.4 is 11.5 Å². The molecule has 0 fully saturated rings. The molecule has 0 aliphatic heterocycles. The molecule has 14 heavy (non-hydrogen) atoms. The van der Waals surface area contributed by atoms with E-state index in [1.807, 2.05) is 0 Å². The fraction of sp³-hybridized carbons (Fsp3) is 0.333. The molecule has 1 rings (SSSR count). The van der Waals surface area contributed by atoms with E-state index < -0.39 is 18.0 Å². The molecule has 0 amide bonds. The topological polar surface area (TPSA) is 92.5 Å². The predicted octanol–water partition coefficient (Wildman–Crippen LogP) is -0.239. The first-order valence-corrected chi connectivity index (χ1v) is 4.17. The van der Waals surface area contributed by atoms with Crippen molar-refractivity contribution in [3.63, 3.8) is 0 Å². The summed E-state index contributed by atoms with van der Waals surface area (Å²) >= 11 is 0. The molecular weight excluding hydrogens is 187 g/mol. The fourth-order valence-corrected chi connectivity index (χ4v) is 1.08. The van der Waals surface area contributed by atoms with Crippen LogP contribution in [0, 0.1) is 5.82 Å². The van der Waals surface area contributed by atoms with Gasteiger partial charge in [0.25, 0.3) is 0 Å². The smallest absolute Gasteiger partial charge is 0.146 e. The third-order valence-electron chi connectivity index (χ3n) is 1.97. The standard InChI is InChI=1S/C9H13FN2O2/c10-6-3-5(1-2-7(6)12)9(14)8(13)4-11/h1-3,8-9,13-14H,4,11-12H2. The minimum Gasteiger partial charge on any atom is -0.396 e. The molecular formula is C9H13FN2O2. The number of halogens is 1. The third kappa shape index (κ3) is 2.20. The molecule has 0 bridgehead atoms. The highest BCUT2D eigenvalue weighted by atomic mass is 19.1. The normalized spacial score (nSPS) is 15.1. The van der Waals surface area contributed by atoms with Crippen LogP contribution in [0.2, 0.25) is 0 Å². The van der Waals surface area contributed by atoms with Gasteiger partial charge in [0.1, 0.15) is 11.9 Å². The molecule has 1 aromatic carbocycles. The van der Waals surface area contributed by atoms with Gasteiger partial charge >= 0.3 is 0 Å². The molecule has 0 aliphatic rings. The van der Waals surface area contributed by atoms with Gasteiger partial charge in [0, 0.05) is 6.54 Å². The first-order valence-electron chi connectivity index (χ1n) is 4.17. The second-order valence-electron chi connectivity index (χ2n) is 3.03. The van der Waals surface area contributed by atoms with Crippen LogP contribution in [-0.2, 0) is 0 Å². The molecule has 5 heteroatoms. The largest absolute Gasteiger partial charge is 0.396 e. The Morgan fingerprint density at radius 3 is 2.50 bits per heavy atom. The summed E-state index contributed by atoms with van der Waals surface area (Å²) in [6.07, 6.45) is -2.28. The minimum atomic E-state index is -1.19. The van der Waals surface area contributed by atoms with Gasteiger partial charge in [0.05, 0.1) is 11.8 Å². The molecule has 0 aromatic heterocycles. The number of benzene rings is 1. The number of anilines is 1. The average molecular weight is 200 g/mol. The first-order chi connectivity index (χ1) is 6.56. The predicted molar refractivity (Wildman–Crippen MR) is 50.8 cm³/mol. The van der Waals surface area contributed by atoms with Crippen molar-refractivity contribution in [2.45, 2.75) is 12.2 Å². The molecule has 78 valence electrons. The molecule has 0 heterocycles. The van der Waals surface area contributed by atoms with E-state index in [0.717, 1.165) is 6.07 Å². The molecule has 6 N–H and O–H groups in total. The number of aliphatic hydroxyl groups excluding tert-OH is 2. The second-order valence-corrected chi connectivity index (χ2v) is 3.03. The summed E-state index contributed by atoms with van der Waals surface area (Å²) < 4.78 is 13.0. The van der Waals surface area contributed by atoms with Gasteiger partial charge in [0.2, 0.25) is 0 Å². The zero-order chi connectivity index (χ0) is 10.7. The van der Waals surface area contributed by atoms with E-state index in [0.29, 0.717) is 0 Å². The highest BCUT2D eigenvalue weighted by Crippen LogP contribution is 2.20. The Labute approximate surface area is 81.0 Å². The van der Waals surface area contributed by atoms with Crippen molar-refractivity contribution in [3.8, 4) is 0 Å². The summed E-state index contributed by atoms with van der Waals surface area (Å²) in [5.41, 5.74) is 10.7. The summed E-state index contributed by atoms with van der Waals surface area (Å²) in [7, 11) is 0. The van der Waals surface area contributed by atoms with Crippen molar-refractivity contribution in [2.24, 2.45) is 5.73 Å². The van der Waals surface area contributed by atoms with Gasteiger partial charge in [-0.2, -0.15) is 0 Å². The molecule has 0 radical (unpaired) electrons. The highest BCUT2D eigenvalue weighted by molar-refractivity contribution is 5.41. The van der Waals surface area contributed by atoms with Crippen LogP contribution in [-0.4, -0.2) is 22.9 Å². The van der Waals surface area contributed by atoms with Crippen molar-refractivity contribution in [1.82, 2.24) is 0 Å². The quantitative estimate of drug-likeness (QED) is 0.507. The molecule has 0 spiro atoms. The van der Waals surface area contributed by atoms with Crippen molar-refractivity contribution in [3.05, 3.63) is 29.6 Å². The maximum Gasteiger partial charge on any atom is 0.146 e. The number of hydrogen-bond donors (Lipinski definition) is 4. The van der Waals surface area contributed by atoms with E-state index in [1.54, 1.807) is 0 Å². The van der Waals surface area contributed by atoms with Gasteiger partial charge in [-0.3, -0.25) is 0 Å². The van der Waals surface area contributed by atoms with Crippen molar-refractivity contribution in [1.29, 1.82) is 0 Å². The Morgan fingerprint density at radius 2 is 2.00 bits per heavy atom. The average Bonchev–Trinajstić information content (AvgIpc) is 2.20. The molecule has 0 saturated carbocycles. The summed E-state index contributed by atoms with van der Waals surface area (Å²) in [5, 5.41) is 18.7. The number of hydrogen-bond acceptors (Lipinski definition) is 4. The Hall–Kier alpha value is -1.17.